The maximum absolute atomic E-state index is 16.3. The van der Waals surface area contributed by atoms with Gasteiger partial charge in [0.2, 0.25) is 0 Å². The number of hydrogen-bond donors (Lipinski definition) is 0. The van der Waals surface area contributed by atoms with Crippen LogP contribution >= 0.6 is 11.3 Å². The molecule has 5 rings (SSSR count). The van der Waals surface area contributed by atoms with E-state index in [2.05, 4.69) is 0 Å². The zero-order valence-electron chi connectivity index (χ0n) is 24.0. The number of halogens is 3. The molecule has 0 fully saturated rings. The van der Waals surface area contributed by atoms with Crippen LogP contribution in [0.4, 0.5) is 19.0 Å². The molecule has 1 atom stereocenters. The summed E-state index contributed by atoms with van der Waals surface area (Å²) in [5, 5.41) is 0.315. The first-order valence-corrected chi connectivity index (χ1v) is 14.6. The summed E-state index contributed by atoms with van der Waals surface area (Å²) in [6.45, 7) is 7.93. The first-order valence-electron chi connectivity index (χ1n) is 13.7. The fourth-order valence-electron chi connectivity index (χ4n) is 5.16. The van der Waals surface area contributed by atoms with E-state index in [1.165, 1.54) is 30.4 Å². The SMILES string of the molecule is CC(C)(C)CN(CC[C@](C)(F)N1C(=O)c2ccccc2C1=O)c1nc(-c2cc(F)ccc2F)sc1Cc1ccccc1. The van der Waals surface area contributed by atoms with Crippen LogP contribution in [0.1, 0.15) is 65.3 Å². The van der Waals surface area contributed by atoms with Gasteiger partial charge in [-0.25, -0.2) is 23.1 Å². The quantitative estimate of drug-likeness (QED) is 0.147. The van der Waals surface area contributed by atoms with Gasteiger partial charge in [-0.15, -0.1) is 11.3 Å². The van der Waals surface area contributed by atoms with Gasteiger partial charge >= 0.3 is 0 Å². The molecule has 2 amide bonds. The van der Waals surface area contributed by atoms with E-state index in [-0.39, 0.29) is 35.1 Å². The van der Waals surface area contributed by atoms with Crippen LogP contribution in [0.2, 0.25) is 0 Å². The molecule has 2 heterocycles. The largest absolute Gasteiger partial charge is 0.355 e. The average molecular weight is 592 g/mol. The highest BCUT2D eigenvalue weighted by Gasteiger charge is 2.47. The molecule has 42 heavy (non-hydrogen) atoms. The fourth-order valence-corrected chi connectivity index (χ4v) is 6.30. The number of thiazole rings is 1. The van der Waals surface area contributed by atoms with Gasteiger partial charge in [0.25, 0.3) is 11.8 Å². The molecule has 3 aromatic carbocycles. The molecule has 0 saturated carbocycles. The van der Waals surface area contributed by atoms with Gasteiger partial charge in [-0.2, -0.15) is 0 Å². The summed E-state index contributed by atoms with van der Waals surface area (Å²) in [7, 11) is 0. The van der Waals surface area contributed by atoms with E-state index < -0.39 is 29.2 Å². The van der Waals surface area contributed by atoms with Crippen LogP contribution in [0.15, 0.2) is 72.8 Å². The third-order valence-electron chi connectivity index (χ3n) is 7.11. The molecule has 5 nitrogen and oxygen atoms in total. The summed E-state index contributed by atoms with van der Waals surface area (Å²) in [6.07, 6.45) is 0.303. The molecular formula is C33H32F3N3O2S. The minimum atomic E-state index is -2.28. The lowest BCUT2D eigenvalue weighted by molar-refractivity contribution is -0.000478. The van der Waals surface area contributed by atoms with Crippen molar-refractivity contribution in [2.24, 2.45) is 5.41 Å². The lowest BCUT2D eigenvalue weighted by Gasteiger charge is -2.35. The van der Waals surface area contributed by atoms with E-state index in [1.807, 2.05) is 56.0 Å². The Morgan fingerprint density at radius 3 is 2.10 bits per heavy atom. The summed E-state index contributed by atoms with van der Waals surface area (Å²) < 4.78 is 45.3. The maximum Gasteiger partial charge on any atom is 0.264 e. The number of alkyl halides is 1. The lowest BCUT2D eigenvalue weighted by Crippen LogP contribution is -2.49. The molecule has 0 aliphatic carbocycles. The minimum Gasteiger partial charge on any atom is -0.355 e. The number of benzene rings is 3. The van der Waals surface area contributed by atoms with Crippen LogP contribution in [-0.4, -0.2) is 40.6 Å². The second-order valence-electron chi connectivity index (χ2n) is 11.9. The first-order chi connectivity index (χ1) is 19.8. The number of rotatable bonds is 9. The molecule has 1 aliphatic heterocycles. The average Bonchev–Trinajstić information content (AvgIpc) is 3.46. The van der Waals surface area contributed by atoms with E-state index in [4.69, 9.17) is 4.98 Å². The third-order valence-corrected chi connectivity index (χ3v) is 8.18. The molecule has 0 unspecified atom stereocenters. The second-order valence-corrected chi connectivity index (χ2v) is 13.0. The Balaban J connectivity index is 1.51. The third kappa shape index (κ3) is 6.11. The van der Waals surface area contributed by atoms with E-state index >= 15 is 4.39 Å². The number of amides is 2. The highest BCUT2D eigenvalue weighted by molar-refractivity contribution is 7.15. The standard InChI is InChI=1S/C33H32F3N3O2S/c1-32(2,3)20-38(17-16-33(4,36)39-30(40)23-12-8-9-13-24(23)31(39)41)28-27(18-21-10-6-5-7-11-21)42-29(37-28)25-19-22(34)14-15-26(25)35/h5-15,19H,16-18,20H2,1-4H3/t33-/m1/s1. The van der Waals surface area contributed by atoms with Gasteiger partial charge in [-0.05, 0) is 48.2 Å². The highest BCUT2D eigenvalue weighted by atomic mass is 32.1. The molecule has 1 aliphatic rings. The number of anilines is 1. The molecule has 0 bridgehead atoms. The van der Waals surface area contributed by atoms with E-state index in [0.717, 1.165) is 28.6 Å². The van der Waals surface area contributed by atoms with Crippen LogP contribution in [0.5, 0.6) is 0 Å². The van der Waals surface area contributed by atoms with Gasteiger partial charge in [-0.3, -0.25) is 9.59 Å². The molecule has 1 aromatic heterocycles. The van der Waals surface area contributed by atoms with Gasteiger partial charge in [-0.1, -0.05) is 63.2 Å². The van der Waals surface area contributed by atoms with Crippen LogP contribution in [0.25, 0.3) is 10.6 Å². The monoisotopic (exact) mass is 591 g/mol. The van der Waals surface area contributed by atoms with Crippen molar-refractivity contribution in [2.75, 3.05) is 18.0 Å². The van der Waals surface area contributed by atoms with Gasteiger partial charge in [0.05, 0.1) is 16.0 Å². The summed E-state index contributed by atoms with van der Waals surface area (Å²) in [6, 6.07) is 19.3. The van der Waals surface area contributed by atoms with E-state index in [1.54, 1.807) is 12.1 Å². The molecule has 218 valence electrons. The molecular weight excluding hydrogens is 559 g/mol. The molecule has 4 aromatic rings. The zero-order valence-corrected chi connectivity index (χ0v) is 24.8. The number of fused-ring (bicyclic) bond motifs is 1. The molecule has 0 spiro atoms. The Kier molecular flexibility index (Phi) is 7.98. The first kappa shape index (κ1) is 29.5. The van der Waals surface area contributed by atoms with Crippen molar-refractivity contribution in [1.82, 2.24) is 9.88 Å². The highest BCUT2D eigenvalue weighted by Crippen LogP contribution is 2.39. The molecule has 0 saturated heterocycles. The van der Waals surface area contributed by atoms with E-state index in [9.17, 15) is 18.4 Å². The van der Waals surface area contributed by atoms with Gasteiger partial charge < -0.3 is 4.90 Å². The molecule has 0 radical (unpaired) electrons. The number of carbonyl (C=O) groups is 2. The van der Waals surface area contributed by atoms with Gasteiger partial charge in [0.15, 0.2) is 5.79 Å². The van der Waals surface area contributed by atoms with E-state index in [0.29, 0.717) is 28.7 Å². The van der Waals surface area contributed by atoms with Crippen LogP contribution in [0, 0.1) is 17.0 Å². The lowest BCUT2D eigenvalue weighted by atomic mass is 9.95. The van der Waals surface area contributed by atoms with Crippen molar-refractivity contribution in [2.45, 2.75) is 46.3 Å². The van der Waals surface area contributed by atoms with Crippen LogP contribution < -0.4 is 4.90 Å². The number of nitrogens with zero attached hydrogens (tertiary/aromatic N) is 3. The van der Waals surface area contributed by atoms with Gasteiger partial charge in [0, 0.05) is 31.5 Å². The Labute approximate surface area is 247 Å². The number of hydrogen-bond acceptors (Lipinski definition) is 5. The maximum atomic E-state index is 16.3. The van der Waals surface area contributed by atoms with Crippen molar-refractivity contribution in [1.29, 1.82) is 0 Å². The van der Waals surface area contributed by atoms with Crippen molar-refractivity contribution < 1.29 is 22.8 Å². The Morgan fingerprint density at radius 1 is 0.857 bits per heavy atom. The topological polar surface area (TPSA) is 53.5 Å². The van der Waals surface area contributed by atoms with Gasteiger partial charge in [0.1, 0.15) is 22.5 Å². The zero-order chi connectivity index (χ0) is 30.2. The summed E-state index contributed by atoms with van der Waals surface area (Å²) >= 11 is 1.26. The van der Waals surface area contributed by atoms with Crippen molar-refractivity contribution in [3.63, 3.8) is 0 Å². The normalized spacial score (nSPS) is 14.7. The fraction of sp³-hybridized carbons (Fsp3) is 0.303. The van der Waals surface area contributed by atoms with Crippen molar-refractivity contribution in [3.8, 4) is 10.6 Å². The summed E-state index contributed by atoms with van der Waals surface area (Å²) in [5.41, 5.74) is 1.18. The Morgan fingerprint density at radius 2 is 1.48 bits per heavy atom. The molecule has 0 N–H and O–H groups in total. The molecule has 9 heteroatoms. The number of carbonyl (C=O) groups excluding carboxylic acids is 2. The predicted molar refractivity (Wildman–Crippen MR) is 159 cm³/mol. The predicted octanol–water partition coefficient (Wildman–Crippen LogP) is 7.90. The smallest absolute Gasteiger partial charge is 0.264 e. The second kappa shape index (κ2) is 11.4. The Hall–Kier alpha value is -3.98. The Bertz CT molecular complexity index is 1590. The minimum absolute atomic E-state index is 0.0534. The van der Waals surface area contributed by atoms with Crippen molar-refractivity contribution >= 4 is 29.0 Å². The van der Waals surface area contributed by atoms with Crippen LogP contribution in [0.3, 0.4) is 0 Å². The summed E-state index contributed by atoms with van der Waals surface area (Å²) in [4.78, 5) is 34.3. The summed E-state index contributed by atoms with van der Waals surface area (Å²) in [5.74, 6) is -4.23. The van der Waals surface area contributed by atoms with Crippen LogP contribution in [-0.2, 0) is 6.42 Å². The number of aromatic nitrogens is 1. The number of imide groups is 1. The van der Waals surface area contributed by atoms with Crippen molar-refractivity contribution in [3.05, 3.63) is 106 Å².